The fourth-order valence-corrected chi connectivity index (χ4v) is 3.26. The molecule has 0 spiro atoms. The van der Waals surface area contributed by atoms with Gasteiger partial charge in [0.15, 0.2) is 22.5 Å². The minimum atomic E-state index is -1.91. The third kappa shape index (κ3) is 3.26. The summed E-state index contributed by atoms with van der Waals surface area (Å²) in [6.45, 7) is 0. The average Bonchev–Trinajstić information content (AvgIpc) is 2.73. The van der Waals surface area contributed by atoms with Crippen LogP contribution >= 0.6 is 9.24 Å². The van der Waals surface area contributed by atoms with Crippen molar-refractivity contribution in [2.45, 2.75) is 5.16 Å². The number of carbonyl (C=O) groups is 3. The molecule has 1 unspecified atom stereocenters. The van der Waals surface area contributed by atoms with Gasteiger partial charge in [-0.2, -0.15) is 0 Å². The first kappa shape index (κ1) is 17.9. The SMILES string of the molecule is O=C(c1ccccc1)C(P)(C(=O)c1ccccc1)C(=O)c1ccccc1. The fraction of sp³-hybridized carbons (Fsp3) is 0.0455. The van der Waals surface area contributed by atoms with E-state index in [1.165, 1.54) is 0 Å². The van der Waals surface area contributed by atoms with Crippen LogP contribution in [-0.2, 0) is 0 Å². The lowest BCUT2D eigenvalue weighted by molar-refractivity contribution is 0.0764. The standard InChI is InChI=1S/C22H17O3P/c23-19(16-10-4-1-5-11-16)22(26,20(24)17-12-6-2-7-13-17)21(25)18-14-8-3-9-15-18/h1-15H,26H2. The number of ketones is 3. The van der Waals surface area contributed by atoms with Crippen LogP contribution in [0.15, 0.2) is 91.0 Å². The highest BCUT2D eigenvalue weighted by Crippen LogP contribution is 2.32. The molecule has 3 rings (SSSR count). The van der Waals surface area contributed by atoms with Crippen LogP contribution in [0.4, 0.5) is 0 Å². The summed E-state index contributed by atoms with van der Waals surface area (Å²) < 4.78 is 0. The minimum Gasteiger partial charge on any atom is -0.292 e. The summed E-state index contributed by atoms with van der Waals surface area (Å²) in [5.74, 6) is -1.61. The van der Waals surface area contributed by atoms with E-state index in [1.807, 2.05) is 0 Å². The molecule has 3 aromatic rings. The van der Waals surface area contributed by atoms with Crippen molar-refractivity contribution in [2.24, 2.45) is 0 Å². The molecule has 0 heterocycles. The second kappa shape index (κ2) is 7.55. The van der Waals surface area contributed by atoms with Crippen LogP contribution in [-0.4, -0.2) is 22.5 Å². The van der Waals surface area contributed by atoms with Gasteiger partial charge in [0.2, 0.25) is 0 Å². The molecule has 0 aromatic heterocycles. The van der Waals surface area contributed by atoms with E-state index >= 15 is 0 Å². The summed E-state index contributed by atoms with van der Waals surface area (Å²) in [5.41, 5.74) is 0.947. The molecule has 1 atom stereocenters. The number of carbonyl (C=O) groups excluding carboxylic acids is 3. The second-order valence-electron chi connectivity index (χ2n) is 5.89. The quantitative estimate of drug-likeness (QED) is 0.375. The van der Waals surface area contributed by atoms with Gasteiger partial charge in [-0.1, -0.05) is 91.0 Å². The Balaban J connectivity index is 2.14. The fourth-order valence-electron chi connectivity index (χ4n) is 2.76. The van der Waals surface area contributed by atoms with Crippen molar-refractivity contribution < 1.29 is 14.4 Å². The molecular weight excluding hydrogens is 343 g/mol. The zero-order valence-corrected chi connectivity index (χ0v) is 15.1. The lowest BCUT2D eigenvalue weighted by Gasteiger charge is -2.25. The van der Waals surface area contributed by atoms with Crippen molar-refractivity contribution in [3.8, 4) is 0 Å². The molecule has 0 bridgehead atoms. The van der Waals surface area contributed by atoms with Crippen LogP contribution in [0.3, 0.4) is 0 Å². The van der Waals surface area contributed by atoms with Gasteiger partial charge in [0.05, 0.1) is 0 Å². The van der Waals surface area contributed by atoms with Gasteiger partial charge in [-0.25, -0.2) is 0 Å². The average molecular weight is 360 g/mol. The van der Waals surface area contributed by atoms with Gasteiger partial charge >= 0.3 is 0 Å². The summed E-state index contributed by atoms with van der Waals surface area (Å²) in [7, 11) is 2.23. The molecule has 3 aromatic carbocycles. The Kier molecular flexibility index (Phi) is 5.20. The van der Waals surface area contributed by atoms with Gasteiger partial charge in [0.1, 0.15) is 0 Å². The molecule has 0 aliphatic carbocycles. The Labute approximate surface area is 154 Å². The van der Waals surface area contributed by atoms with Gasteiger partial charge in [0.25, 0.3) is 0 Å². The third-order valence-corrected chi connectivity index (χ3v) is 4.97. The monoisotopic (exact) mass is 360 g/mol. The highest BCUT2D eigenvalue weighted by Gasteiger charge is 2.48. The maximum absolute atomic E-state index is 13.2. The van der Waals surface area contributed by atoms with E-state index in [2.05, 4.69) is 9.24 Å². The topological polar surface area (TPSA) is 51.2 Å². The number of rotatable bonds is 6. The Morgan fingerprint density at radius 2 is 0.731 bits per heavy atom. The van der Waals surface area contributed by atoms with E-state index in [-0.39, 0.29) is 0 Å². The molecule has 0 radical (unpaired) electrons. The number of hydrogen-bond donors (Lipinski definition) is 0. The highest BCUT2D eigenvalue weighted by atomic mass is 31.0. The Morgan fingerprint density at radius 3 is 0.962 bits per heavy atom. The number of hydrogen-bond acceptors (Lipinski definition) is 3. The molecule has 3 nitrogen and oxygen atoms in total. The van der Waals surface area contributed by atoms with Crippen LogP contribution in [0.1, 0.15) is 31.1 Å². The first-order valence-corrected chi connectivity index (χ1v) is 8.71. The Bertz CT molecular complexity index is 810. The molecule has 0 amide bonds. The van der Waals surface area contributed by atoms with Gasteiger partial charge in [-0.15, -0.1) is 9.24 Å². The molecule has 4 heteroatoms. The third-order valence-electron chi connectivity index (χ3n) is 4.18. The maximum atomic E-state index is 13.2. The number of benzene rings is 3. The lowest BCUT2D eigenvalue weighted by Crippen LogP contribution is -2.48. The van der Waals surface area contributed by atoms with Crippen molar-refractivity contribution in [3.05, 3.63) is 108 Å². The molecule has 0 aliphatic heterocycles. The van der Waals surface area contributed by atoms with Gasteiger partial charge in [-0.05, 0) is 0 Å². The van der Waals surface area contributed by atoms with E-state index < -0.39 is 22.5 Å². The van der Waals surface area contributed by atoms with Gasteiger partial charge < -0.3 is 0 Å². The van der Waals surface area contributed by atoms with Crippen molar-refractivity contribution in [1.29, 1.82) is 0 Å². The van der Waals surface area contributed by atoms with Gasteiger partial charge in [0, 0.05) is 16.7 Å². The van der Waals surface area contributed by atoms with E-state index in [0.717, 1.165) is 0 Å². The lowest BCUT2D eigenvalue weighted by atomic mass is 9.83. The molecular formula is C22H17O3P. The van der Waals surface area contributed by atoms with E-state index in [4.69, 9.17) is 0 Å². The van der Waals surface area contributed by atoms with Crippen molar-refractivity contribution >= 4 is 26.6 Å². The molecule has 0 aliphatic rings. The zero-order valence-electron chi connectivity index (χ0n) is 14.0. The molecule has 0 N–H and O–H groups in total. The van der Waals surface area contributed by atoms with Crippen molar-refractivity contribution in [1.82, 2.24) is 0 Å². The molecule has 0 fully saturated rings. The van der Waals surface area contributed by atoms with Crippen molar-refractivity contribution in [2.75, 3.05) is 0 Å². The van der Waals surface area contributed by atoms with Gasteiger partial charge in [-0.3, -0.25) is 14.4 Å². The van der Waals surface area contributed by atoms with Crippen LogP contribution in [0.2, 0.25) is 0 Å². The Morgan fingerprint density at radius 1 is 0.500 bits per heavy atom. The van der Waals surface area contributed by atoms with E-state index in [9.17, 15) is 14.4 Å². The first-order valence-electron chi connectivity index (χ1n) is 8.13. The van der Waals surface area contributed by atoms with Crippen LogP contribution in [0.25, 0.3) is 0 Å². The molecule has 0 saturated heterocycles. The predicted octanol–water partition coefficient (Wildman–Crippen LogP) is 4.25. The van der Waals surface area contributed by atoms with E-state index in [0.29, 0.717) is 16.7 Å². The normalized spacial score (nSPS) is 11.0. The van der Waals surface area contributed by atoms with E-state index in [1.54, 1.807) is 91.0 Å². The summed E-state index contributed by atoms with van der Waals surface area (Å²) in [6, 6.07) is 25.2. The minimum absolute atomic E-state index is 0.316. The Hall–Kier alpha value is -2.90. The number of Topliss-reactive ketones (excluding diaryl/α,β-unsaturated/α-hetero) is 3. The highest BCUT2D eigenvalue weighted by molar-refractivity contribution is 7.26. The van der Waals surface area contributed by atoms with Crippen molar-refractivity contribution in [3.63, 3.8) is 0 Å². The molecule has 0 saturated carbocycles. The summed E-state index contributed by atoms with van der Waals surface area (Å²) in [5, 5.41) is -1.91. The first-order chi connectivity index (χ1) is 12.5. The largest absolute Gasteiger partial charge is 0.292 e. The summed E-state index contributed by atoms with van der Waals surface area (Å²) in [4.78, 5) is 39.7. The molecule has 26 heavy (non-hydrogen) atoms. The summed E-state index contributed by atoms with van der Waals surface area (Å²) >= 11 is 0. The second-order valence-corrected chi connectivity index (χ2v) is 6.76. The van der Waals surface area contributed by atoms with Crippen LogP contribution < -0.4 is 0 Å². The predicted molar refractivity (Wildman–Crippen MR) is 105 cm³/mol. The molecule has 128 valence electrons. The summed E-state index contributed by atoms with van der Waals surface area (Å²) in [6.07, 6.45) is 0. The van der Waals surface area contributed by atoms with Crippen LogP contribution in [0.5, 0.6) is 0 Å². The zero-order chi connectivity index (χ0) is 18.6. The smallest absolute Gasteiger partial charge is 0.188 e. The van der Waals surface area contributed by atoms with Crippen LogP contribution in [0, 0.1) is 0 Å². The maximum Gasteiger partial charge on any atom is 0.188 e.